The van der Waals surface area contributed by atoms with E-state index in [-0.39, 0.29) is 18.0 Å². The summed E-state index contributed by atoms with van der Waals surface area (Å²) in [5.74, 6) is -0.211. The van der Waals surface area contributed by atoms with E-state index in [4.69, 9.17) is 9.52 Å². The molecule has 5 nitrogen and oxygen atoms in total. The fourth-order valence-corrected chi connectivity index (χ4v) is 4.35. The number of rotatable bonds is 4. The standard InChI is InChI=1S/C18H21NO4S/c1-11-14(18(21)22)9-13(23-11)10-19(2)17(20)16-8-12-6-4-3-5-7-15(12)24-16/h8-9H,3-7,10H2,1-2H3,(H,21,22). The van der Waals surface area contributed by atoms with Crippen LogP contribution in [0, 0.1) is 6.92 Å². The van der Waals surface area contributed by atoms with Gasteiger partial charge >= 0.3 is 5.97 Å². The maximum absolute atomic E-state index is 12.7. The molecule has 3 rings (SSSR count). The molecule has 0 saturated carbocycles. The Hall–Kier alpha value is -2.08. The molecular formula is C18H21NO4S. The van der Waals surface area contributed by atoms with Gasteiger partial charge in [0.15, 0.2) is 0 Å². The van der Waals surface area contributed by atoms with Gasteiger partial charge in [-0.3, -0.25) is 4.79 Å². The second-order valence-corrected chi connectivity index (χ2v) is 7.41. The van der Waals surface area contributed by atoms with Crippen LogP contribution >= 0.6 is 11.3 Å². The van der Waals surface area contributed by atoms with Gasteiger partial charge in [-0.15, -0.1) is 11.3 Å². The number of carboxylic acid groups (broad SMARTS) is 1. The number of furan rings is 1. The van der Waals surface area contributed by atoms with Gasteiger partial charge in [0.05, 0.1) is 11.4 Å². The largest absolute Gasteiger partial charge is 0.478 e. The minimum Gasteiger partial charge on any atom is -0.478 e. The summed E-state index contributed by atoms with van der Waals surface area (Å²) in [6, 6.07) is 3.52. The molecule has 24 heavy (non-hydrogen) atoms. The Balaban J connectivity index is 1.73. The predicted molar refractivity (Wildman–Crippen MR) is 91.8 cm³/mol. The normalized spacial score (nSPS) is 14.1. The lowest BCUT2D eigenvalue weighted by atomic mass is 10.1. The van der Waals surface area contributed by atoms with Crippen molar-refractivity contribution in [2.24, 2.45) is 0 Å². The van der Waals surface area contributed by atoms with Gasteiger partial charge in [-0.25, -0.2) is 4.79 Å². The molecule has 0 aromatic carbocycles. The molecule has 1 aliphatic carbocycles. The molecule has 128 valence electrons. The van der Waals surface area contributed by atoms with Crippen molar-refractivity contribution in [1.82, 2.24) is 4.90 Å². The Labute approximate surface area is 144 Å². The quantitative estimate of drug-likeness (QED) is 0.852. The van der Waals surface area contributed by atoms with Gasteiger partial charge in [0.2, 0.25) is 0 Å². The van der Waals surface area contributed by atoms with E-state index in [0.29, 0.717) is 11.5 Å². The molecule has 0 saturated heterocycles. The predicted octanol–water partition coefficient (Wildman–Crippen LogP) is 3.89. The topological polar surface area (TPSA) is 70.8 Å². The van der Waals surface area contributed by atoms with Crippen LogP contribution in [0.5, 0.6) is 0 Å². The van der Waals surface area contributed by atoms with E-state index < -0.39 is 5.97 Å². The van der Waals surface area contributed by atoms with Gasteiger partial charge in [0, 0.05) is 11.9 Å². The maximum atomic E-state index is 12.7. The Bertz CT molecular complexity index is 751. The van der Waals surface area contributed by atoms with Crippen LogP contribution in [-0.4, -0.2) is 28.9 Å². The summed E-state index contributed by atoms with van der Waals surface area (Å²) in [4.78, 5) is 27.4. The molecule has 0 radical (unpaired) electrons. The van der Waals surface area contributed by atoms with E-state index in [9.17, 15) is 9.59 Å². The summed E-state index contributed by atoms with van der Waals surface area (Å²) in [7, 11) is 1.71. The molecule has 1 aliphatic rings. The van der Waals surface area contributed by atoms with Crippen molar-refractivity contribution in [3.8, 4) is 0 Å². The lowest BCUT2D eigenvalue weighted by molar-refractivity contribution is 0.0694. The number of hydrogen-bond donors (Lipinski definition) is 1. The summed E-state index contributed by atoms with van der Waals surface area (Å²) in [6.45, 7) is 1.88. The van der Waals surface area contributed by atoms with Gasteiger partial charge in [-0.2, -0.15) is 0 Å². The van der Waals surface area contributed by atoms with E-state index in [0.717, 1.165) is 17.7 Å². The van der Waals surface area contributed by atoms with Gasteiger partial charge in [-0.1, -0.05) is 6.42 Å². The minimum absolute atomic E-state index is 0.0426. The third-order valence-electron chi connectivity index (χ3n) is 4.40. The fourth-order valence-electron chi connectivity index (χ4n) is 3.10. The lowest BCUT2D eigenvalue weighted by Crippen LogP contribution is -2.25. The Morgan fingerprint density at radius 3 is 2.71 bits per heavy atom. The third kappa shape index (κ3) is 3.38. The monoisotopic (exact) mass is 347 g/mol. The first-order chi connectivity index (χ1) is 11.5. The number of aryl methyl sites for hydroxylation is 3. The number of carbonyl (C=O) groups is 2. The summed E-state index contributed by atoms with van der Waals surface area (Å²) in [5, 5.41) is 9.08. The molecule has 6 heteroatoms. The number of hydrogen-bond acceptors (Lipinski definition) is 4. The average molecular weight is 347 g/mol. The van der Waals surface area contributed by atoms with Crippen LogP contribution in [0.3, 0.4) is 0 Å². The van der Waals surface area contributed by atoms with E-state index >= 15 is 0 Å². The number of carboxylic acids is 1. The molecule has 2 heterocycles. The van der Waals surface area contributed by atoms with Crippen molar-refractivity contribution in [3.05, 3.63) is 44.5 Å². The number of amides is 1. The molecule has 2 aromatic heterocycles. The summed E-state index contributed by atoms with van der Waals surface area (Å²) in [6.07, 6.45) is 5.77. The van der Waals surface area contributed by atoms with Crippen LogP contribution in [0.15, 0.2) is 16.5 Å². The van der Waals surface area contributed by atoms with Crippen molar-refractivity contribution < 1.29 is 19.1 Å². The first-order valence-corrected chi connectivity index (χ1v) is 8.97. The van der Waals surface area contributed by atoms with Gasteiger partial charge < -0.3 is 14.4 Å². The van der Waals surface area contributed by atoms with Crippen molar-refractivity contribution in [3.63, 3.8) is 0 Å². The molecule has 0 aliphatic heterocycles. The SMILES string of the molecule is Cc1oc(CN(C)C(=O)c2cc3c(s2)CCCCC3)cc1C(=O)O. The van der Waals surface area contributed by atoms with Crippen molar-refractivity contribution in [2.45, 2.75) is 45.6 Å². The minimum atomic E-state index is -1.02. The van der Waals surface area contributed by atoms with Crippen molar-refractivity contribution >= 4 is 23.2 Å². The van der Waals surface area contributed by atoms with E-state index in [2.05, 4.69) is 0 Å². The van der Waals surface area contributed by atoms with E-state index in [1.165, 1.54) is 35.8 Å². The maximum Gasteiger partial charge on any atom is 0.339 e. The number of thiophene rings is 1. The highest BCUT2D eigenvalue weighted by molar-refractivity contribution is 7.14. The molecular weight excluding hydrogens is 326 g/mol. The second-order valence-electron chi connectivity index (χ2n) is 6.27. The molecule has 1 N–H and O–H groups in total. The Morgan fingerprint density at radius 2 is 2.00 bits per heavy atom. The van der Waals surface area contributed by atoms with Crippen LogP contribution in [0.1, 0.15) is 61.3 Å². The highest BCUT2D eigenvalue weighted by Gasteiger charge is 2.21. The highest BCUT2D eigenvalue weighted by Crippen LogP contribution is 2.30. The fraction of sp³-hybridized carbons (Fsp3) is 0.444. The van der Waals surface area contributed by atoms with Crippen molar-refractivity contribution in [1.29, 1.82) is 0 Å². The summed E-state index contributed by atoms with van der Waals surface area (Å²) in [5.41, 5.74) is 1.46. The number of fused-ring (bicyclic) bond motifs is 1. The Kier molecular flexibility index (Phi) is 4.76. The zero-order valence-electron chi connectivity index (χ0n) is 13.9. The van der Waals surface area contributed by atoms with Gasteiger partial charge in [0.25, 0.3) is 5.91 Å². The van der Waals surface area contributed by atoms with Crippen LogP contribution < -0.4 is 0 Å². The summed E-state index contributed by atoms with van der Waals surface area (Å²) >= 11 is 1.59. The lowest BCUT2D eigenvalue weighted by Gasteiger charge is -2.14. The van der Waals surface area contributed by atoms with Crippen LogP contribution in [0.25, 0.3) is 0 Å². The van der Waals surface area contributed by atoms with Crippen LogP contribution in [0.2, 0.25) is 0 Å². The highest BCUT2D eigenvalue weighted by atomic mass is 32.1. The number of carbonyl (C=O) groups excluding carboxylic acids is 1. The van der Waals surface area contributed by atoms with Gasteiger partial charge in [0.1, 0.15) is 17.1 Å². The molecule has 0 bridgehead atoms. The van der Waals surface area contributed by atoms with E-state index in [1.54, 1.807) is 30.2 Å². The first kappa shape index (κ1) is 16.8. The molecule has 2 aromatic rings. The molecule has 0 atom stereocenters. The molecule has 1 amide bonds. The molecule has 0 fully saturated rings. The zero-order chi connectivity index (χ0) is 17.3. The second kappa shape index (κ2) is 6.81. The third-order valence-corrected chi connectivity index (χ3v) is 5.62. The van der Waals surface area contributed by atoms with Crippen LogP contribution in [-0.2, 0) is 19.4 Å². The number of aromatic carboxylic acids is 1. The van der Waals surface area contributed by atoms with Gasteiger partial charge in [-0.05, 0) is 50.3 Å². The first-order valence-electron chi connectivity index (χ1n) is 8.15. The average Bonchev–Trinajstić information content (AvgIpc) is 3.03. The smallest absolute Gasteiger partial charge is 0.339 e. The molecule has 0 unspecified atom stereocenters. The molecule has 0 spiro atoms. The number of nitrogens with zero attached hydrogens (tertiary/aromatic N) is 1. The summed E-state index contributed by atoms with van der Waals surface area (Å²) < 4.78 is 5.46. The van der Waals surface area contributed by atoms with E-state index in [1.807, 2.05) is 6.07 Å². The van der Waals surface area contributed by atoms with Crippen molar-refractivity contribution in [2.75, 3.05) is 7.05 Å². The Morgan fingerprint density at radius 1 is 1.25 bits per heavy atom. The van der Waals surface area contributed by atoms with Crippen LogP contribution in [0.4, 0.5) is 0 Å². The zero-order valence-corrected chi connectivity index (χ0v) is 14.7.